The summed E-state index contributed by atoms with van der Waals surface area (Å²) < 4.78 is 11.9. The van der Waals surface area contributed by atoms with Crippen molar-refractivity contribution in [3.63, 3.8) is 0 Å². The molecule has 0 aliphatic carbocycles. The van der Waals surface area contributed by atoms with Crippen molar-refractivity contribution < 1.29 is 14.6 Å². The number of nitrogens with zero attached hydrogens (tertiary/aromatic N) is 3. The number of anilines is 1. The van der Waals surface area contributed by atoms with E-state index in [4.69, 9.17) is 4.74 Å². The Bertz CT molecular complexity index is 1510. The predicted molar refractivity (Wildman–Crippen MR) is 143 cm³/mol. The Morgan fingerprint density at radius 1 is 1.00 bits per heavy atom. The highest BCUT2D eigenvalue weighted by Gasteiger charge is 2.33. The number of aliphatic carboxylic acids is 1. The third-order valence-electron chi connectivity index (χ3n) is 6.80. The van der Waals surface area contributed by atoms with Crippen molar-refractivity contribution in [3.8, 4) is 5.75 Å². The molecule has 8 heteroatoms. The highest BCUT2D eigenvalue weighted by molar-refractivity contribution is 7.13. The molecule has 182 valence electrons. The van der Waals surface area contributed by atoms with Gasteiger partial charge in [0.1, 0.15) is 24.2 Å². The normalized spacial score (nSPS) is 15.4. The van der Waals surface area contributed by atoms with E-state index in [2.05, 4.69) is 26.4 Å². The van der Waals surface area contributed by atoms with E-state index >= 15 is 0 Å². The predicted octanol–water partition coefficient (Wildman–Crippen LogP) is 5.30. The van der Waals surface area contributed by atoms with Crippen molar-refractivity contribution in [2.45, 2.75) is 12.6 Å². The van der Waals surface area contributed by atoms with Gasteiger partial charge in [-0.3, -0.25) is 9.69 Å². The van der Waals surface area contributed by atoms with Gasteiger partial charge in [0.25, 0.3) is 0 Å². The van der Waals surface area contributed by atoms with Gasteiger partial charge in [-0.25, -0.2) is 0 Å². The Labute approximate surface area is 212 Å². The van der Waals surface area contributed by atoms with Crippen LogP contribution in [-0.2, 0) is 11.4 Å². The number of carboxylic acids is 1. The van der Waals surface area contributed by atoms with Crippen molar-refractivity contribution in [2.24, 2.45) is 0 Å². The van der Waals surface area contributed by atoms with Crippen molar-refractivity contribution in [3.05, 3.63) is 90.1 Å². The Balaban J connectivity index is 1.21. The van der Waals surface area contributed by atoms with Crippen LogP contribution in [0.1, 0.15) is 17.2 Å². The lowest BCUT2D eigenvalue weighted by molar-refractivity contribution is -0.143. The maximum Gasteiger partial charge on any atom is 0.325 e. The van der Waals surface area contributed by atoms with Gasteiger partial charge in [0.05, 0.1) is 4.70 Å². The van der Waals surface area contributed by atoms with E-state index in [1.165, 1.54) is 16.2 Å². The zero-order valence-electron chi connectivity index (χ0n) is 19.6. The molecular weight excluding hydrogens is 472 g/mol. The number of hydrogen-bond acceptors (Lipinski definition) is 6. The Morgan fingerprint density at radius 2 is 1.78 bits per heavy atom. The van der Waals surface area contributed by atoms with Crippen LogP contribution >= 0.6 is 11.5 Å². The summed E-state index contributed by atoms with van der Waals surface area (Å²) >= 11 is 1.51. The largest absolute Gasteiger partial charge is 0.489 e. The molecular formula is C28H26N4O3S. The first-order valence-corrected chi connectivity index (χ1v) is 12.8. The molecule has 0 bridgehead atoms. The van der Waals surface area contributed by atoms with Gasteiger partial charge in [-0.2, -0.15) is 4.37 Å². The first-order valence-electron chi connectivity index (χ1n) is 12.0. The number of piperazine rings is 1. The maximum absolute atomic E-state index is 12.5. The van der Waals surface area contributed by atoms with E-state index in [1.54, 1.807) is 0 Å². The molecule has 0 saturated carbocycles. The second kappa shape index (κ2) is 9.64. The SMILES string of the molecule is O=C(O)C(c1c[nH]c2ccc(OCc3ccccc3)cc12)N1CCN(c2nsc3ccccc23)CC1. The van der Waals surface area contributed by atoms with Gasteiger partial charge in [-0.1, -0.05) is 42.5 Å². The van der Waals surface area contributed by atoms with Gasteiger partial charge in [0.15, 0.2) is 0 Å². The lowest BCUT2D eigenvalue weighted by atomic mass is 10.0. The molecule has 0 amide bonds. The van der Waals surface area contributed by atoms with E-state index in [9.17, 15) is 9.90 Å². The first-order chi connectivity index (χ1) is 17.7. The summed E-state index contributed by atoms with van der Waals surface area (Å²) in [5.74, 6) is 0.866. The molecule has 6 rings (SSSR count). The molecule has 3 aromatic carbocycles. The van der Waals surface area contributed by atoms with E-state index in [0.717, 1.165) is 52.1 Å². The Kier molecular flexibility index (Phi) is 6.04. The monoisotopic (exact) mass is 498 g/mol. The molecule has 2 N–H and O–H groups in total. The molecule has 3 heterocycles. The molecule has 1 aliphatic heterocycles. The van der Waals surface area contributed by atoms with Gasteiger partial charge in [-0.05, 0) is 47.4 Å². The smallest absolute Gasteiger partial charge is 0.325 e. The number of hydrogen-bond donors (Lipinski definition) is 2. The van der Waals surface area contributed by atoms with Gasteiger partial charge < -0.3 is 19.7 Å². The lowest BCUT2D eigenvalue weighted by Gasteiger charge is -2.38. The minimum Gasteiger partial charge on any atom is -0.489 e. The van der Waals surface area contributed by atoms with Crippen LogP contribution in [0.2, 0.25) is 0 Å². The minimum atomic E-state index is -0.848. The minimum absolute atomic E-state index is 0.460. The fraction of sp³-hybridized carbons (Fsp3) is 0.214. The number of rotatable bonds is 7. The number of aromatic nitrogens is 2. The Morgan fingerprint density at radius 3 is 2.58 bits per heavy atom. The molecule has 0 spiro atoms. The number of ether oxygens (including phenoxy) is 1. The van der Waals surface area contributed by atoms with Gasteiger partial charge >= 0.3 is 5.97 Å². The second-order valence-electron chi connectivity index (χ2n) is 8.99. The van der Waals surface area contributed by atoms with E-state index in [0.29, 0.717) is 19.7 Å². The summed E-state index contributed by atoms with van der Waals surface area (Å²) in [7, 11) is 0. The van der Waals surface area contributed by atoms with Crippen LogP contribution < -0.4 is 9.64 Å². The van der Waals surface area contributed by atoms with Crippen LogP contribution in [0.25, 0.3) is 21.0 Å². The highest BCUT2D eigenvalue weighted by Crippen LogP contribution is 2.34. The number of nitrogens with one attached hydrogen (secondary N) is 1. The first kappa shape index (κ1) is 22.6. The molecule has 5 aromatic rings. The van der Waals surface area contributed by atoms with Crippen molar-refractivity contribution in [2.75, 3.05) is 31.1 Å². The molecule has 1 unspecified atom stereocenters. The Hall–Kier alpha value is -3.88. The second-order valence-corrected chi connectivity index (χ2v) is 9.80. The van der Waals surface area contributed by atoms with E-state index in [-0.39, 0.29) is 0 Å². The van der Waals surface area contributed by atoms with Crippen molar-refractivity contribution >= 4 is 44.3 Å². The zero-order valence-corrected chi connectivity index (χ0v) is 20.4. The molecule has 7 nitrogen and oxygen atoms in total. The fourth-order valence-electron chi connectivity index (χ4n) is 4.96. The lowest BCUT2D eigenvalue weighted by Crippen LogP contribution is -2.49. The number of H-pyrrole nitrogens is 1. The topological polar surface area (TPSA) is 81.7 Å². The molecule has 36 heavy (non-hydrogen) atoms. The average molecular weight is 499 g/mol. The summed E-state index contributed by atoms with van der Waals surface area (Å²) in [5.41, 5.74) is 2.74. The molecule has 0 radical (unpaired) electrons. The molecule has 1 aliphatic rings. The summed E-state index contributed by atoms with van der Waals surface area (Å²) in [6.07, 6.45) is 1.82. The maximum atomic E-state index is 12.5. The number of carbonyl (C=O) groups is 1. The molecule has 2 aromatic heterocycles. The number of aromatic amines is 1. The van der Waals surface area contributed by atoms with E-state index < -0.39 is 12.0 Å². The van der Waals surface area contributed by atoms with Crippen LogP contribution in [0.3, 0.4) is 0 Å². The molecule has 1 saturated heterocycles. The summed E-state index contributed by atoms with van der Waals surface area (Å²) in [4.78, 5) is 20.1. The van der Waals surface area contributed by atoms with Gasteiger partial charge in [-0.15, -0.1) is 0 Å². The standard InChI is InChI=1S/C28H26N4O3S/c33-28(34)26(31-12-14-32(15-13-31)27-21-8-4-5-9-25(21)36-30-27)23-17-29-24-11-10-20(16-22(23)24)35-18-19-6-2-1-3-7-19/h1-11,16-17,26,29H,12-15,18H2,(H,33,34). The zero-order chi connectivity index (χ0) is 24.5. The van der Waals surface area contributed by atoms with Crippen LogP contribution in [-0.4, -0.2) is 51.5 Å². The number of carboxylic acid groups (broad SMARTS) is 1. The fourth-order valence-corrected chi connectivity index (χ4v) is 5.75. The van der Waals surface area contributed by atoms with Gasteiger partial charge in [0.2, 0.25) is 0 Å². The number of fused-ring (bicyclic) bond motifs is 2. The van der Waals surface area contributed by atoms with E-state index in [1.807, 2.05) is 71.8 Å². The van der Waals surface area contributed by atoms with Crippen molar-refractivity contribution in [1.82, 2.24) is 14.3 Å². The van der Waals surface area contributed by atoms with Gasteiger partial charge in [0, 0.05) is 54.2 Å². The van der Waals surface area contributed by atoms with Crippen LogP contribution in [0.5, 0.6) is 5.75 Å². The van der Waals surface area contributed by atoms with Crippen LogP contribution in [0.4, 0.5) is 5.82 Å². The average Bonchev–Trinajstić information content (AvgIpc) is 3.53. The molecule has 1 atom stereocenters. The summed E-state index contributed by atoms with van der Waals surface area (Å²) in [6.45, 7) is 3.19. The summed E-state index contributed by atoms with van der Waals surface area (Å²) in [5, 5.41) is 12.3. The van der Waals surface area contributed by atoms with Crippen LogP contribution in [0.15, 0.2) is 79.0 Å². The third kappa shape index (κ3) is 4.29. The summed E-state index contributed by atoms with van der Waals surface area (Å²) in [6, 6.07) is 23.3. The molecule has 1 fully saturated rings. The number of benzene rings is 3. The van der Waals surface area contributed by atoms with Crippen LogP contribution in [0, 0.1) is 0 Å². The third-order valence-corrected chi connectivity index (χ3v) is 7.62. The quantitative estimate of drug-likeness (QED) is 0.317. The van der Waals surface area contributed by atoms with Crippen molar-refractivity contribution in [1.29, 1.82) is 0 Å². The highest BCUT2D eigenvalue weighted by atomic mass is 32.1.